The minimum atomic E-state index is -0.902. The highest BCUT2D eigenvalue weighted by molar-refractivity contribution is 6.19. The number of hydrogen-bond acceptors (Lipinski definition) is 4. The van der Waals surface area contributed by atoms with Crippen LogP contribution < -0.4 is 0 Å². The minimum Gasteiger partial charge on any atom is -0.507 e. The van der Waals surface area contributed by atoms with Gasteiger partial charge in [0, 0.05) is 0 Å². The number of nitrogens with zero attached hydrogens (tertiary/aromatic N) is 1. The molecule has 1 aromatic rings. The summed E-state index contributed by atoms with van der Waals surface area (Å²) in [5, 5.41) is 19.1. The second kappa shape index (κ2) is 4.77. The minimum absolute atomic E-state index is 0.00722. The fraction of sp³-hybridized carbons (Fsp3) is 0.333. The van der Waals surface area contributed by atoms with Gasteiger partial charge in [0.25, 0.3) is 0 Å². The van der Waals surface area contributed by atoms with Crippen molar-refractivity contribution in [1.82, 2.24) is 0 Å². The van der Waals surface area contributed by atoms with Crippen molar-refractivity contribution in [2.24, 2.45) is 0 Å². The maximum atomic E-state index is 12.0. The Bertz CT molecular complexity index is 574. The summed E-state index contributed by atoms with van der Waals surface area (Å²) in [6.45, 7) is 3.74. The van der Waals surface area contributed by atoms with Gasteiger partial charge in [0.1, 0.15) is 5.57 Å². The van der Waals surface area contributed by atoms with Gasteiger partial charge in [0.2, 0.25) is 0 Å². The molecule has 1 aromatic carbocycles. The van der Waals surface area contributed by atoms with Gasteiger partial charge in [-0.05, 0) is 30.5 Å². The van der Waals surface area contributed by atoms with Crippen molar-refractivity contribution in [3.8, 4) is 6.07 Å². The Kier molecular flexibility index (Phi) is 3.30. The zero-order valence-corrected chi connectivity index (χ0v) is 10.9. The van der Waals surface area contributed by atoms with Crippen LogP contribution in [0.25, 0.3) is 5.57 Å². The van der Waals surface area contributed by atoms with Crippen LogP contribution in [0, 0.1) is 11.3 Å². The van der Waals surface area contributed by atoms with Crippen molar-refractivity contribution in [1.29, 1.82) is 5.26 Å². The van der Waals surface area contributed by atoms with E-state index in [2.05, 4.69) is 0 Å². The van der Waals surface area contributed by atoms with Crippen LogP contribution in [0.2, 0.25) is 0 Å². The molecule has 4 nitrogen and oxygen atoms in total. The number of rotatable bonds is 3. The maximum Gasteiger partial charge on any atom is 0.343 e. The molecule has 0 saturated carbocycles. The van der Waals surface area contributed by atoms with Crippen molar-refractivity contribution >= 4 is 11.5 Å². The zero-order valence-electron chi connectivity index (χ0n) is 10.9. The standard InChI is InChI=1S/C15H15NO3/c1-3-15(4-2)13(17)12(14(18)19-15)11-7-5-10(9-16)6-8-11/h5-8,17H,3-4H2,1-2H3. The lowest BCUT2D eigenvalue weighted by atomic mass is 9.92. The molecule has 2 rings (SSSR count). The first-order valence-electron chi connectivity index (χ1n) is 6.25. The van der Waals surface area contributed by atoms with Gasteiger partial charge >= 0.3 is 5.97 Å². The van der Waals surface area contributed by atoms with Crippen LogP contribution in [0.1, 0.15) is 37.8 Å². The Morgan fingerprint density at radius 2 is 1.84 bits per heavy atom. The van der Waals surface area contributed by atoms with E-state index >= 15 is 0 Å². The molecule has 0 spiro atoms. The van der Waals surface area contributed by atoms with E-state index in [9.17, 15) is 9.90 Å². The summed E-state index contributed by atoms with van der Waals surface area (Å²) in [5.41, 5.74) is 0.381. The van der Waals surface area contributed by atoms with E-state index in [0.717, 1.165) is 0 Å². The van der Waals surface area contributed by atoms with Gasteiger partial charge in [0.05, 0.1) is 11.6 Å². The molecule has 0 fully saturated rings. The normalized spacial score (nSPS) is 17.2. The average molecular weight is 257 g/mol. The number of ether oxygens (including phenoxy) is 1. The van der Waals surface area contributed by atoms with Crippen molar-refractivity contribution in [2.75, 3.05) is 0 Å². The van der Waals surface area contributed by atoms with Crippen LogP contribution in [0.5, 0.6) is 0 Å². The summed E-state index contributed by atoms with van der Waals surface area (Å²) in [4.78, 5) is 12.0. The molecule has 0 saturated heterocycles. The van der Waals surface area contributed by atoms with Crippen LogP contribution in [-0.2, 0) is 9.53 Å². The van der Waals surface area contributed by atoms with Gasteiger partial charge in [-0.3, -0.25) is 0 Å². The number of aliphatic hydroxyl groups excluding tert-OH is 1. The van der Waals surface area contributed by atoms with Crippen LogP contribution in [0.3, 0.4) is 0 Å². The maximum absolute atomic E-state index is 12.0. The number of nitriles is 1. The van der Waals surface area contributed by atoms with Crippen molar-refractivity contribution < 1.29 is 14.6 Å². The Balaban J connectivity index is 2.50. The van der Waals surface area contributed by atoms with Crippen molar-refractivity contribution in [3.05, 3.63) is 41.2 Å². The number of cyclic esters (lactones) is 1. The highest BCUT2D eigenvalue weighted by Crippen LogP contribution is 2.40. The largest absolute Gasteiger partial charge is 0.507 e. The van der Waals surface area contributed by atoms with Gasteiger partial charge in [-0.25, -0.2) is 4.79 Å². The van der Waals surface area contributed by atoms with Crippen LogP contribution >= 0.6 is 0 Å². The fourth-order valence-corrected chi connectivity index (χ4v) is 2.30. The molecule has 1 aliphatic rings. The third kappa shape index (κ3) is 1.97. The van der Waals surface area contributed by atoms with Gasteiger partial charge in [-0.15, -0.1) is 0 Å². The van der Waals surface area contributed by atoms with Crippen LogP contribution in [0.15, 0.2) is 30.0 Å². The van der Waals surface area contributed by atoms with E-state index in [1.807, 2.05) is 19.9 Å². The first-order chi connectivity index (χ1) is 9.07. The summed E-state index contributed by atoms with van der Waals surface area (Å²) in [6, 6.07) is 8.53. The Labute approximate surface area is 111 Å². The summed E-state index contributed by atoms with van der Waals surface area (Å²) in [7, 11) is 0. The number of benzene rings is 1. The third-order valence-electron chi connectivity index (χ3n) is 3.61. The smallest absolute Gasteiger partial charge is 0.343 e. The van der Waals surface area contributed by atoms with E-state index in [4.69, 9.17) is 10.00 Å². The van der Waals surface area contributed by atoms with E-state index in [1.54, 1.807) is 24.3 Å². The highest BCUT2D eigenvalue weighted by Gasteiger charge is 2.46. The third-order valence-corrected chi connectivity index (χ3v) is 3.61. The Morgan fingerprint density at radius 3 is 2.26 bits per heavy atom. The summed E-state index contributed by atoms with van der Waals surface area (Å²) in [5.74, 6) is -0.516. The number of carbonyl (C=O) groups excluding carboxylic acids is 1. The Hall–Kier alpha value is -2.28. The summed E-state index contributed by atoms with van der Waals surface area (Å²) >= 11 is 0. The number of hydrogen-bond donors (Lipinski definition) is 1. The highest BCUT2D eigenvalue weighted by atomic mass is 16.6. The number of aliphatic hydroxyl groups is 1. The molecule has 1 N–H and O–H groups in total. The molecule has 0 radical (unpaired) electrons. The first-order valence-corrected chi connectivity index (χ1v) is 6.25. The van der Waals surface area contributed by atoms with Gasteiger partial charge in [0.15, 0.2) is 11.4 Å². The topological polar surface area (TPSA) is 70.3 Å². The van der Waals surface area contributed by atoms with E-state index in [0.29, 0.717) is 24.0 Å². The van der Waals surface area contributed by atoms with Crippen LogP contribution in [0.4, 0.5) is 0 Å². The van der Waals surface area contributed by atoms with E-state index < -0.39 is 11.6 Å². The lowest BCUT2D eigenvalue weighted by molar-refractivity contribution is -0.147. The summed E-state index contributed by atoms with van der Waals surface area (Å²) in [6.07, 6.45) is 1.06. The lowest BCUT2D eigenvalue weighted by Crippen LogP contribution is -2.30. The molecule has 19 heavy (non-hydrogen) atoms. The zero-order chi connectivity index (χ0) is 14.0. The Morgan fingerprint density at radius 1 is 1.26 bits per heavy atom. The van der Waals surface area contributed by atoms with Crippen LogP contribution in [-0.4, -0.2) is 16.7 Å². The SMILES string of the molecule is CCC1(CC)OC(=O)C(c2ccc(C#N)cc2)=C1O. The molecule has 4 heteroatoms. The number of esters is 1. The molecular formula is C15H15NO3. The number of carbonyl (C=O) groups is 1. The first kappa shape index (κ1) is 13.2. The molecular weight excluding hydrogens is 242 g/mol. The molecule has 0 amide bonds. The van der Waals surface area contributed by atoms with Gasteiger partial charge in [-0.1, -0.05) is 26.0 Å². The molecule has 1 heterocycles. The van der Waals surface area contributed by atoms with Crippen molar-refractivity contribution in [3.63, 3.8) is 0 Å². The molecule has 0 aliphatic carbocycles. The quantitative estimate of drug-likeness (QED) is 0.845. The molecule has 0 aromatic heterocycles. The van der Waals surface area contributed by atoms with E-state index in [-0.39, 0.29) is 11.3 Å². The van der Waals surface area contributed by atoms with Crippen molar-refractivity contribution in [2.45, 2.75) is 32.3 Å². The average Bonchev–Trinajstić information content (AvgIpc) is 2.70. The second-order valence-corrected chi connectivity index (χ2v) is 4.50. The summed E-state index contributed by atoms with van der Waals surface area (Å²) < 4.78 is 5.36. The molecule has 0 bridgehead atoms. The van der Waals surface area contributed by atoms with E-state index in [1.165, 1.54) is 0 Å². The monoisotopic (exact) mass is 257 g/mol. The van der Waals surface area contributed by atoms with Gasteiger partial charge in [-0.2, -0.15) is 5.26 Å². The molecule has 1 aliphatic heterocycles. The van der Waals surface area contributed by atoms with Gasteiger partial charge < -0.3 is 9.84 Å². The molecule has 0 atom stereocenters. The molecule has 0 unspecified atom stereocenters. The second-order valence-electron chi connectivity index (χ2n) is 4.50. The lowest BCUT2D eigenvalue weighted by Gasteiger charge is -2.24. The fourth-order valence-electron chi connectivity index (χ4n) is 2.30. The predicted octanol–water partition coefficient (Wildman–Crippen LogP) is 2.94. The molecule has 98 valence electrons. The predicted molar refractivity (Wildman–Crippen MR) is 70.1 cm³/mol.